The molecule has 1 atom stereocenters. The molecule has 20 heavy (non-hydrogen) atoms. The van der Waals surface area contributed by atoms with Gasteiger partial charge in [0.25, 0.3) is 0 Å². The summed E-state index contributed by atoms with van der Waals surface area (Å²) in [6.07, 6.45) is 0. The van der Waals surface area contributed by atoms with Crippen LogP contribution in [0.2, 0.25) is 0 Å². The maximum absolute atomic E-state index is 11.6. The van der Waals surface area contributed by atoms with Gasteiger partial charge in [-0.1, -0.05) is 41.2 Å². The first-order valence-electron chi connectivity index (χ1n) is 6.40. The molecule has 106 valence electrons. The number of aryl methyl sites for hydroxylation is 2. The van der Waals surface area contributed by atoms with Gasteiger partial charge in [-0.2, -0.15) is 0 Å². The van der Waals surface area contributed by atoms with Crippen molar-refractivity contribution in [3.05, 3.63) is 46.0 Å². The number of thiazole rings is 1. The molecule has 0 saturated carbocycles. The maximum Gasteiger partial charge on any atom is 0.350 e. The summed E-state index contributed by atoms with van der Waals surface area (Å²) in [6.45, 7) is 5.94. The number of hydrogen-bond donors (Lipinski definition) is 1. The first-order valence-corrected chi connectivity index (χ1v) is 7.21. The van der Waals surface area contributed by atoms with Gasteiger partial charge in [0.1, 0.15) is 4.88 Å². The van der Waals surface area contributed by atoms with Gasteiger partial charge in [0, 0.05) is 0 Å². The van der Waals surface area contributed by atoms with Crippen LogP contribution < -0.4 is 5.32 Å². The second-order valence-corrected chi connectivity index (χ2v) is 5.70. The molecule has 1 aromatic carbocycles. The predicted molar refractivity (Wildman–Crippen MR) is 81.4 cm³/mol. The number of methoxy groups -OCH3 is 1. The summed E-state index contributed by atoms with van der Waals surface area (Å²) in [5, 5.41) is 4.05. The van der Waals surface area contributed by atoms with Gasteiger partial charge < -0.3 is 10.1 Å². The van der Waals surface area contributed by atoms with Crippen molar-refractivity contribution in [1.82, 2.24) is 4.98 Å². The van der Waals surface area contributed by atoms with Gasteiger partial charge in [-0.05, 0) is 26.3 Å². The van der Waals surface area contributed by atoms with E-state index in [0.717, 1.165) is 5.13 Å². The van der Waals surface area contributed by atoms with E-state index in [9.17, 15) is 4.79 Å². The van der Waals surface area contributed by atoms with E-state index < -0.39 is 0 Å². The van der Waals surface area contributed by atoms with E-state index in [2.05, 4.69) is 48.4 Å². The van der Waals surface area contributed by atoms with Crippen LogP contribution in [-0.2, 0) is 4.74 Å². The molecule has 2 rings (SSSR count). The van der Waals surface area contributed by atoms with Gasteiger partial charge in [0.2, 0.25) is 0 Å². The lowest BCUT2D eigenvalue weighted by Gasteiger charge is -2.13. The van der Waals surface area contributed by atoms with Gasteiger partial charge in [0.15, 0.2) is 5.13 Å². The van der Waals surface area contributed by atoms with Crippen molar-refractivity contribution >= 4 is 22.4 Å². The lowest BCUT2D eigenvalue weighted by molar-refractivity contribution is 0.0605. The Morgan fingerprint density at radius 3 is 2.55 bits per heavy atom. The summed E-state index contributed by atoms with van der Waals surface area (Å²) in [4.78, 5) is 16.5. The van der Waals surface area contributed by atoms with Crippen LogP contribution in [0.15, 0.2) is 24.3 Å². The number of esters is 1. The smallest absolute Gasteiger partial charge is 0.350 e. The second-order valence-electron chi connectivity index (χ2n) is 4.70. The van der Waals surface area contributed by atoms with E-state index in [1.807, 2.05) is 6.92 Å². The molecule has 0 amide bonds. The largest absolute Gasteiger partial charge is 0.465 e. The fourth-order valence-electron chi connectivity index (χ4n) is 1.86. The highest BCUT2D eigenvalue weighted by Crippen LogP contribution is 2.27. The molecule has 0 bridgehead atoms. The molecule has 0 aliphatic rings. The number of carbonyl (C=O) groups excluding carboxylic acids is 1. The number of nitrogens with zero attached hydrogens (tertiary/aromatic N) is 1. The number of ether oxygens (including phenoxy) is 1. The molecule has 0 fully saturated rings. The number of carbonyl (C=O) groups is 1. The zero-order valence-electron chi connectivity index (χ0n) is 12.1. The minimum absolute atomic E-state index is 0.131. The Balaban J connectivity index is 2.13. The van der Waals surface area contributed by atoms with Gasteiger partial charge in [-0.3, -0.25) is 0 Å². The molecule has 0 radical (unpaired) electrons. The quantitative estimate of drug-likeness (QED) is 0.872. The summed E-state index contributed by atoms with van der Waals surface area (Å²) < 4.78 is 4.74. The summed E-state index contributed by atoms with van der Waals surface area (Å²) in [7, 11) is 1.38. The highest BCUT2D eigenvalue weighted by atomic mass is 32.1. The Hall–Kier alpha value is -1.88. The molecule has 0 aliphatic heterocycles. The molecule has 0 saturated heterocycles. The highest BCUT2D eigenvalue weighted by Gasteiger charge is 2.16. The van der Waals surface area contributed by atoms with Crippen LogP contribution in [-0.4, -0.2) is 18.1 Å². The lowest BCUT2D eigenvalue weighted by atomic mass is 10.1. The van der Waals surface area contributed by atoms with E-state index >= 15 is 0 Å². The third kappa shape index (κ3) is 3.17. The minimum Gasteiger partial charge on any atom is -0.465 e. The normalized spacial score (nSPS) is 12.0. The van der Waals surface area contributed by atoms with Crippen LogP contribution in [0.5, 0.6) is 0 Å². The first kappa shape index (κ1) is 14.5. The SMILES string of the molecule is COC(=O)c1sc(NC(C)c2ccc(C)cc2)nc1C. The number of aromatic nitrogens is 1. The van der Waals surface area contributed by atoms with Crippen molar-refractivity contribution < 1.29 is 9.53 Å². The number of rotatable bonds is 4. The van der Waals surface area contributed by atoms with E-state index in [1.165, 1.54) is 29.6 Å². The highest BCUT2D eigenvalue weighted by molar-refractivity contribution is 7.17. The third-order valence-corrected chi connectivity index (χ3v) is 4.15. The van der Waals surface area contributed by atoms with Crippen molar-refractivity contribution in [1.29, 1.82) is 0 Å². The number of hydrogen-bond acceptors (Lipinski definition) is 5. The number of benzene rings is 1. The van der Waals surface area contributed by atoms with Gasteiger partial charge >= 0.3 is 5.97 Å². The average Bonchev–Trinajstić information content (AvgIpc) is 2.79. The molecule has 1 heterocycles. The van der Waals surface area contributed by atoms with Crippen LogP contribution in [0.1, 0.15) is 39.5 Å². The lowest BCUT2D eigenvalue weighted by Crippen LogP contribution is -2.06. The van der Waals surface area contributed by atoms with Crippen molar-refractivity contribution in [2.45, 2.75) is 26.8 Å². The first-order chi connectivity index (χ1) is 9.51. The zero-order valence-corrected chi connectivity index (χ0v) is 12.9. The third-order valence-electron chi connectivity index (χ3n) is 3.08. The average molecular weight is 290 g/mol. The van der Waals surface area contributed by atoms with Crippen LogP contribution in [0, 0.1) is 13.8 Å². The molecular weight excluding hydrogens is 272 g/mol. The summed E-state index contributed by atoms with van der Waals surface area (Å²) >= 11 is 1.32. The molecule has 1 N–H and O–H groups in total. The predicted octanol–water partition coefficient (Wildman–Crippen LogP) is 3.72. The zero-order chi connectivity index (χ0) is 14.7. The Kier molecular flexibility index (Phi) is 4.39. The van der Waals surface area contributed by atoms with Crippen LogP contribution in [0.3, 0.4) is 0 Å². The Bertz CT molecular complexity index is 605. The molecule has 1 aromatic heterocycles. The van der Waals surface area contributed by atoms with Crippen LogP contribution in [0.4, 0.5) is 5.13 Å². The monoisotopic (exact) mass is 290 g/mol. The van der Waals surface area contributed by atoms with Crippen molar-refractivity contribution in [2.24, 2.45) is 0 Å². The molecule has 2 aromatic rings. The van der Waals surface area contributed by atoms with E-state index in [-0.39, 0.29) is 12.0 Å². The standard InChI is InChI=1S/C15H18N2O2S/c1-9-5-7-12(8-6-9)10(2)16-15-17-11(3)13(20-15)14(18)19-4/h5-8,10H,1-4H3,(H,16,17). The molecular formula is C15H18N2O2S. The van der Waals surface area contributed by atoms with E-state index in [0.29, 0.717) is 10.6 Å². The fraction of sp³-hybridized carbons (Fsp3) is 0.333. The van der Waals surface area contributed by atoms with Crippen molar-refractivity contribution in [3.63, 3.8) is 0 Å². The summed E-state index contributed by atoms with van der Waals surface area (Å²) in [6, 6.07) is 8.48. The Labute approximate surface area is 122 Å². The molecule has 0 spiro atoms. The maximum atomic E-state index is 11.6. The topological polar surface area (TPSA) is 51.2 Å². The Morgan fingerprint density at radius 1 is 1.30 bits per heavy atom. The fourth-order valence-corrected chi connectivity index (χ4v) is 2.84. The minimum atomic E-state index is -0.337. The van der Waals surface area contributed by atoms with E-state index in [4.69, 9.17) is 4.74 Å². The van der Waals surface area contributed by atoms with E-state index in [1.54, 1.807) is 0 Å². The molecule has 1 unspecified atom stereocenters. The van der Waals surface area contributed by atoms with Crippen molar-refractivity contribution in [3.8, 4) is 0 Å². The molecule has 5 heteroatoms. The van der Waals surface area contributed by atoms with Gasteiger partial charge in [-0.25, -0.2) is 9.78 Å². The van der Waals surface area contributed by atoms with Crippen molar-refractivity contribution in [2.75, 3.05) is 12.4 Å². The summed E-state index contributed by atoms with van der Waals surface area (Å²) in [5.41, 5.74) is 3.11. The summed E-state index contributed by atoms with van der Waals surface area (Å²) in [5.74, 6) is -0.337. The number of anilines is 1. The second kappa shape index (κ2) is 6.05. The molecule has 0 aliphatic carbocycles. The van der Waals surface area contributed by atoms with Gasteiger partial charge in [-0.15, -0.1) is 0 Å². The Morgan fingerprint density at radius 2 is 1.95 bits per heavy atom. The molecule has 4 nitrogen and oxygen atoms in total. The van der Waals surface area contributed by atoms with Crippen LogP contribution in [0.25, 0.3) is 0 Å². The van der Waals surface area contributed by atoms with Gasteiger partial charge in [0.05, 0.1) is 18.8 Å². The number of nitrogens with one attached hydrogen (secondary N) is 1. The van der Waals surface area contributed by atoms with Crippen LogP contribution >= 0.6 is 11.3 Å².